The Morgan fingerprint density at radius 1 is 0.955 bits per heavy atom. The summed E-state index contributed by atoms with van der Waals surface area (Å²) in [6.07, 6.45) is 2.64. The minimum absolute atomic E-state index is 0.865. The Labute approximate surface area is 132 Å². The van der Waals surface area contributed by atoms with Crippen molar-refractivity contribution in [1.29, 1.82) is 0 Å². The molecule has 1 aliphatic rings. The fraction of sp³-hybridized carbons (Fsp3) is 0.368. The molecule has 0 atom stereocenters. The molecule has 0 N–H and O–H groups in total. The maximum Gasteiger partial charge on any atom is 0.126 e. The number of nitrogens with zero attached hydrogens (tertiary/aromatic N) is 1. The van der Waals surface area contributed by atoms with Crippen molar-refractivity contribution in [3.63, 3.8) is 0 Å². The van der Waals surface area contributed by atoms with Gasteiger partial charge in [0.25, 0.3) is 0 Å². The van der Waals surface area contributed by atoms with Gasteiger partial charge in [0.2, 0.25) is 0 Å². The lowest BCUT2D eigenvalue weighted by atomic mass is 10.0. The van der Waals surface area contributed by atoms with Crippen LogP contribution < -0.4 is 9.47 Å². The Hall–Kier alpha value is -2.00. The average molecular weight is 297 g/mol. The lowest BCUT2D eigenvalue weighted by molar-refractivity contribution is 0.331. The summed E-state index contributed by atoms with van der Waals surface area (Å²) in [6.45, 7) is 3.43. The molecule has 0 unspecified atom stereocenters. The molecule has 0 bridgehead atoms. The van der Waals surface area contributed by atoms with E-state index in [1.54, 1.807) is 14.2 Å². The molecule has 0 spiro atoms. The topological polar surface area (TPSA) is 21.7 Å². The number of likely N-dealkylation sites (tertiary alicyclic amines) is 1. The van der Waals surface area contributed by atoms with Crippen LogP contribution in [0.5, 0.6) is 11.5 Å². The Morgan fingerprint density at radius 2 is 1.77 bits per heavy atom. The average Bonchev–Trinajstić information content (AvgIpc) is 3.08. The second-order valence-electron chi connectivity index (χ2n) is 5.75. The van der Waals surface area contributed by atoms with Gasteiger partial charge in [0.1, 0.15) is 11.5 Å². The number of benzene rings is 2. The molecule has 1 aliphatic heterocycles. The summed E-state index contributed by atoms with van der Waals surface area (Å²) in [4.78, 5) is 2.51. The van der Waals surface area contributed by atoms with Crippen molar-refractivity contribution < 1.29 is 9.47 Å². The Morgan fingerprint density at radius 3 is 2.50 bits per heavy atom. The van der Waals surface area contributed by atoms with E-state index < -0.39 is 0 Å². The lowest BCUT2D eigenvalue weighted by Crippen LogP contribution is -2.18. The summed E-state index contributed by atoms with van der Waals surface area (Å²) < 4.78 is 10.9. The van der Waals surface area contributed by atoms with E-state index in [0.29, 0.717) is 0 Å². The minimum Gasteiger partial charge on any atom is -0.497 e. The van der Waals surface area contributed by atoms with Gasteiger partial charge in [-0.15, -0.1) is 0 Å². The normalized spacial score (nSPS) is 15.0. The molecule has 0 amide bonds. The number of hydrogen-bond donors (Lipinski definition) is 0. The van der Waals surface area contributed by atoms with Gasteiger partial charge in [-0.25, -0.2) is 0 Å². The highest BCUT2D eigenvalue weighted by Crippen LogP contribution is 2.33. The number of ether oxygens (including phenoxy) is 2. The van der Waals surface area contributed by atoms with Gasteiger partial charge in [-0.3, -0.25) is 4.90 Å². The summed E-state index contributed by atoms with van der Waals surface area (Å²) in [5.41, 5.74) is 3.58. The predicted octanol–water partition coefficient (Wildman–Crippen LogP) is 3.97. The van der Waals surface area contributed by atoms with E-state index in [9.17, 15) is 0 Å². The Balaban J connectivity index is 1.92. The van der Waals surface area contributed by atoms with Crippen LogP contribution in [0.4, 0.5) is 0 Å². The molecule has 1 saturated heterocycles. The predicted molar refractivity (Wildman–Crippen MR) is 89.5 cm³/mol. The van der Waals surface area contributed by atoms with E-state index in [4.69, 9.17) is 9.47 Å². The SMILES string of the molecule is COc1cccc(-c2cc(CN3CCCC3)ccc2OC)c1. The van der Waals surface area contributed by atoms with Gasteiger partial charge in [-0.05, 0) is 61.3 Å². The number of methoxy groups -OCH3 is 2. The van der Waals surface area contributed by atoms with E-state index in [1.807, 2.05) is 12.1 Å². The maximum absolute atomic E-state index is 5.54. The van der Waals surface area contributed by atoms with Crippen molar-refractivity contribution in [2.45, 2.75) is 19.4 Å². The molecule has 0 saturated carbocycles. The molecule has 0 radical (unpaired) electrons. The fourth-order valence-corrected chi connectivity index (χ4v) is 3.07. The van der Waals surface area contributed by atoms with Gasteiger partial charge >= 0.3 is 0 Å². The van der Waals surface area contributed by atoms with Crippen molar-refractivity contribution in [2.24, 2.45) is 0 Å². The van der Waals surface area contributed by atoms with E-state index in [-0.39, 0.29) is 0 Å². The summed E-state index contributed by atoms with van der Waals surface area (Å²) in [5, 5.41) is 0. The van der Waals surface area contributed by atoms with Crippen LogP contribution in [0.15, 0.2) is 42.5 Å². The zero-order valence-corrected chi connectivity index (χ0v) is 13.3. The molecule has 0 aromatic heterocycles. The van der Waals surface area contributed by atoms with Crippen molar-refractivity contribution >= 4 is 0 Å². The standard InChI is InChI=1S/C19H23NO2/c1-21-17-7-5-6-16(13-17)18-12-15(8-9-19(18)22-2)14-20-10-3-4-11-20/h5-9,12-13H,3-4,10-11,14H2,1-2H3. The molecule has 3 rings (SSSR count). The number of rotatable bonds is 5. The van der Waals surface area contributed by atoms with E-state index in [0.717, 1.165) is 29.2 Å². The van der Waals surface area contributed by atoms with Crippen LogP contribution in [0, 0.1) is 0 Å². The summed E-state index contributed by atoms with van der Waals surface area (Å²) in [7, 11) is 3.42. The van der Waals surface area contributed by atoms with E-state index >= 15 is 0 Å². The maximum atomic E-state index is 5.54. The summed E-state index contributed by atoms with van der Waals surface area (Å²) >= 11 is 0. The van der Waals surface area contributed by atoms with Gasteiger partial charge in [0, 0.05) is 12.1 Å². The fourth-order valence-electron chi connectivity index (χ4n) is 3.07. The van der Waals surface area contributed by atoms with E-state index in [2.05, 4.69) is 35.2 Å². The van der Waals surface area contributed by atoms with Crippen molar-refractivity contribution in [3.8, 4) is 22.6 Å². The van der Waals surface area contributed by atoms with Crippen molar-refractivity contribution in [3.05, 3.63) is 48.0 Å². The van der Waals surface area contributed by atoms with Crippen LogP contribution in [-0.2, 0) is 6.54 Å². The van der Waals surface area contributed by atoms with Gasteiger partial charge in [0.15, 0.2) is 0 Å². The quantitative estimate of drug-likeness (QED) is 0.833. The second-order valence-corrected chi connectivity index (χ2v) is 5.75. The molecular weight excluding hydrogens is 274 g/mol. The van der Waals surface area contributed by atoms with Gasteiger partial charge in [0.05, 0.1) is 14.2 Å². The Bertz CT molecular complexity index is 633. The highest BCUT2D eigenvalue weighted by Gasteiger charge is 2.14. The largest absolute Gasteiger partial charge is 0.497 e. The van der Waals surface area contributed by atoms with Crippen LogP contribution in [0.1, 0.15) is 18.4 Å². The molecule has 1 fully saturated rings. The first-order valence-corrected chi connectivity index (χ1v) is 7.84. The summed E-state index contributed by atoms with van der Waals surface area (Å²) in [6, 6.07) is 14.6. The second kappa shape index (κ2) is 6.84. The minimum atomic E-state index is 0.865. The third-order valence-electron chi connectivity index (χ3n) is 4.25. The number of hydrogen-bond acceptors (Lipinski definition) is 3. The third kappa shape index (κ3) is 3.25. The van der Waals surface area contributed by atoms with Gasteiger partial charge < -0.3 is 9.47 Å². The van der Waals surface area contributed by atoms with Crippen LogP contribution in [0.25, 0.3) is 11.1 Å². The monoisotopic (exact) mass is 297 g/mol. The highest BCUT2D eigenvalue weighted by atomic mass is 16.5. The first kappa shape index (κ1) is 14.9. The third-order valence-corrected chi connectivity index (χ3v) is 4.25. The Kier molecular flexibility index (Phi) is 4.64. The van der Waals surface area contributed by atoms with Gasteiger partial charge in [-0.1, -0.05) is 18.2 Å². The molecule has 1 heterocycles. The lowest BCUT2D eigenvalue weighted by Gasteiger charge is -2.17. The zero-order valence-electron chi connectivity index (χ0n) is 13.3. The van der Waals surface area contributed by atoms with Crippen LogP contribution in [0.2, 0.25) is 0 Å². The smallest absolute Gasteiger partial charge is 0.126 e. The molecule has 3 heteroatoms. The molecule has 116 valence electrons. The molecule has 2 aromatic carbocycles. The first-order valence-electron chi connectivity index (χ1n) is 7.84. The molecular formula is C19H23NO2. The van der Waals surface area contributed by atoms with E-state index in [1.165, 1.54) is 31.5 Å². The molecule has 0 aliphatic carbocycles. The highest BCUT2D eigenvalue weighted by molar-refractivity contribution is 5.72. The molecule has 3 nitrogen and oxygen atoms in total. The van der Waals surface area contributed by atoms with Crippen molar-refractivity contribution in [1.82, 2.24) is 4.90 Å². The van der Waals surface area contributed by atoms with Crippen LogP contribution >= 0.6 is 0 Å². The van der Waals surface area contributed by atoms with Crippen molar-refractivity contribution in [2.75, 3.05) is 27.3 Å². The first-order chi connectivity index (χ1) is 10.8. The summed E-state index contributed by atoms with van der Waals surface area (Å²) in [5.74, 6) is 1.77. The van der Waals surface area contributed by atoms with Gasteiger partial charge in [-0.2, -0.15) is 0 Å². The molecule has 22 heavy (non-hydrogen) atoms. The zero-order chi connectivity index (χ0) is 15.4. The molecule has 2 aromatic rings. The van der Waals surface area contributed by atoms with Crippen LogP contribution in [0.3, 0.4) is 0 Å². The van der Waals surface area contributed by atoms with Crippen LogP contribution in [-0.4, -0.2) is 32.2 Å².